The van der Waals surface area contributed by atoms with E-state index < -0.39 is 58.5 Å². The molecule has 0 aliphatic heterocycles. The number of hydrogen-bond acceptors (Lipinski definition) is 7. The molecule has 0 saturated heterocycles. The van der Waals surface area contributed by atoms with Gasteiger partial charge in [0.15, 0.2) is 0 Å². The number of carbonyl (C=O) groups excluding carboxylic acids is 5. The van der Waals surface area contributed by atoms with E-state index in [9.17, 15) is 24.0 Å². The van der Waals surface area contributed by atoms with E-state index in [1.807, 2.05) is 58.0 Å². The normalized spacial score (nSPS) is 13.5. The molecular weight excluding hydrogens is 552 g/mol. The lowest BCUT2D eigenvalue weighted by atomic mass is 9.97. The molecule has 1 aromatic rings. The summed E-state index contributed by atoms with van der Waals surface area (Å²) in [4.78, 5) is 65.2. The minimum Gasteiger partial charge on any atom is -0.459 e. The van der Waals surface area contributed by atoms with Crippen molar-refractivity contribution in [3.63, 3.8) is 0 Å². The van der Waals surface area contributed by atoms with Crippen molar-refractivity contribution in [2.75, 3.05) is 0 Å². The van der Waals surface area contributed by atoms with Crippen molar-refractivity contribution in [3.8, 4) is 0 Å². The average Bonchev–Trinajstić information content (AvgIpc) is 2.84. The van der Waals surface area contributed by atoms with Crippen LogP contribution < -0.4 is 21.3 Å². The highest BCUT2D eigenvalue weighted by atomic mass is 16.6. The van der Waals surface area contributed by atoms with Crippen LogP contribution in [0.3, 0.4) is 0 Å². The third kappa shape index (κ3) is 13.9. The third-order valence-electron chi connectivity index (χ3n) is 6.21. The Morgan fingerprint density at radius 1 is 0.698 bits per heavy atom. The molecule has 242 valence electrons. The lowest BCUT2D eigenvalue weighted by Gasteiger charge is -2.32. The van der Waals surface area contributed by atoms with E-state index in [-0.39, 0.29) is 24.9 Å². The zero-order valence-electron chi connectivity index (χ0n) is 27.7. The fourth-order valence-corrected chi connectivity index (χ4v) is 4.00. The highest BCUT2D eigenvalue weighted by molar-refractivity contribution is 5.97. The summed E-state index contributed by atoms with van der Waals surface area (Å²) in [5.41, 5.74) is -2.75. The quantitative estimate of drug-likeness (QED) is 0.234. The van der Waals surface area contributed by atoms with E-state index >= 15 is 0 Å². The van der Waals surface area contributed by atoms with Crippen LogP contribution in [0, 0.1) is 11.8 Å². The van der Waals surface area contributed by atoms with Crippen molar-refractivity contribution >= 4 is 29.8 Å². The van der Waals surface area contributed by atoms with Gasteiger partial charge in [0, 0.05) is 0 Å². The fraction of sp³-hybridized carbons (Fsp3) is 0.656. The lowest BCUT2D eigenvalue weighted by Crippen LogP contribution is -2.63. The van der Waals surface area contributed by atoms with Crippen molar-refractivity contribution in [3.05, 3.63) is 35.9 Å². The number of benzene rings is 1. The predicted molar refractivity (Wildman–Crippen MR) is 165 cm³/mol. The Bertz CT molecular complexity index is 1110. The zero-order valence-corrected chi connectivity index (χ0v) is 27.7. The summed E-state index contributed by atoms with van der Waals surface area (Å²) in [5, 5.41) is 10.7. The summed E-state index contributed by atoms with van der Waals surface area (Å²) in [6.07, 6.45) is -0.141. The van der Waals surface area contributed by atoms with Crippen LogP contribution >= 0.6 is 0 Å². The van der Waals surface area contributed by atoms with Crippen LogP contribution in [0.2, 0.25) is 0 Å². The molecule has 2 atom stereocenters. The second-order valence-electron chi connectivity index (χ2n) is 13.8. The molecule has 4 amide bonds. The molecule has 0 unspecified atom stereocenters. The molecule has 0 bridgehead atoms. The number of nitrogens with one attached hydrogen (secondary N) is 4. The Hall–Kier alpha value is -3.63. The number of ether oxygens (including phenoxy) is 2. The van der Waals surface area contributed by atoms with E-state index in [0.717, 1.165) is 5.56 Å². The number of rotatable bonds is 14. The summed E-state index contributed by atoms with van der Waals surface area (Å²) in [5.74, 6) is -2.27. The minimum atomic E-state index is -1.44. The maximum absolute atomic E-state index is 13.4. The summed E-state index contributed by atoms with van der Waals surface area (Å²) >= 11 is 0. The van der Waals surface area contributed by atoms with Gasteiger partial charge in [-0.2, -0.15) is 0 Å². The van der Waals surface area contributed by atoms with Crippen LogP contribution in [0.15, 0.2) is 30.3 Å². The van der Waals surface area contributed by atoms with E-state index in [1.165, 1.54) is 27.7 Å². The molecule has 1 rings (SSSR count). The Morgan fingerprint density at radius 3 is 1.63 bits per heavy atom. The Labute approximate surface area is 256 Å². The molecule has 0 radical (unpaired) electrons. The first-order chi connectivity index (χ1) is 19.6. The number of amides is 4. The molecule has 0 aliphatic rings. The van der Waals surface area contributed by atoms with Crippen LogP contribution in [0.1, 0.15) is 94.6 Å². The van der Waals surface area contributed by atoms with Crippen LogP contribution in [0.4, 0.5) is 4.79 Å². The molecule has 0 spiro atoms. The van der Waals surface area contributed by atoms with Gasteiger partial charge in [-0.3, -0.25) is 14.4 Å². The fourth-order valence-electron chi connectivity index (χ4n) is 4.00. The van der Waals surface area contributed by atoms with Crippen molar-refractivity contribution in [2.24, 2.45) is 11.8 Å². The monoisotopic (exact) mass is 604 g/mol. The molecule has 0 saturated carbocycles. The SMILES string of the molecule is CC(C)C[C@H](NC(=O)OC(C)(C)C)C(=O)NC(C)(C)C(=O)N[C@@H](CC(C)C)C(=O)NC(C)(C)C(=O)OCc1ccccc1. The number of carbonyl (C=O) groups is 5. The number of esters is 1. The average molecular weight is 605 g/mol. The second kappa shape index (κ2) is 15.7. The summed E-state index contributed by atoms with van der Waals surface area (Å²) in [7, 11) is 0. The van der Waals surface area contributed by atoms with E-state index in [0.29, 0.717) is 6.42 Å². The summed E-state index contributed by atoms with van der Waals surface area (Å²) in [6.45, 7) is 18.9. The van der Waals surface area contributed by atoms with Gasteiger partial charge in [0.1, 0.15) is 35.4 Å². The summed E-state index contributed by atoms with van der Waals surface area (Å²) in [6, 6.07) is 7.24. The van der Waals surface area contributed by atoms with Crippen molar-refractivity contribution in [1.82, 2.24) is 21.3 Å². The van der Waals surface area contributed by atoms with Crippen molar-refractivity contribution in [1.29, 1.82) is 0 Å². The first-order valence-electron chi connectivity index (χ1n) is 14.8. The van der Waals surface area contributed by atoms with Crippen LogP contribution in [-0.2, 0) is 35.3 Å². The molecule has 4 N–H and O–H groups in total. The van der Waals surface area contributed by atoms with Gasteiger partial charge in [-0.15, -0.1) is 0 Å². The van der Waals surface area contributed by atoms with Gasteiger partial charge in [0.25, 0.3) is 0 Å². The zero-order chi connectivity index (χ0) is 33.2. The molecule has 0 fully saturated rings. The smallest absolute Gasteiger partial charge is 0.408 e. The number of alkyl carbamates (subject to hydrolysis) is 1. The standard InChI is InChI=1S/C32H52N4O7/c1-20(2)17-23(25(37)36-32(10,11)28(40)42-19-22-15-13-12-14-16-22)33-27(39)31(8,9)35-26(38)24(18-21(3)4)34-29(41)43-30(5,6)7/h12-16,20-21,23-24H,17-19H2,1-11H3,(H,33,39)(H,34,41)(H,35,38)(H,36,37)/t23-,24-/m0/s1. The van der Waals surface area contributed by atoms with Gasteiger partial charge in [-0.25, -0.2) is 9.59 Å². The highest BCUT2D eigenvalue weighted by Gasteiger charge is 2.38. The number of hydrogen-bond donors (Lipinski definition) is 4. The van der Waals surface area contributed by atoms with E-state index in [2.05, 4.69) is 21.3 Å². The second-order valence-corrected chi connectivity index (χ2v) is 13.8. The minimum absolute atomic E-state index is 0.0235. The summed E-state index contributed by atoms with van der Waals surface area (Å²) < 4.78 is 10.7. The molecule has 0 heterocycles. The molecule has 11 nitrogen and oxygen atoms in total. The van der Waals surface area contributed by atoms with E-state index in [1.54, 1.807) is 20.8 Å². The first kappa shape index (κ1) is 37.4. The lowest BCUT2D eigenvalue weighted by molar-refractivity contribution is -0.153. The molecule has 11 heteroatoms. The van der Waals surface area contributed by atoms with Crippen LogP contribution in [-0.4, -0.2) is 58.5 Å². The first-order valence-corrected chi connectivity index (χ1v) is 14.8. The van der Waals surface area contributed by atoms with Crippen LogP contribution in [0.5, 0.6) is 0 Å². The predicted octanol–water partition coefficient (Wildman–Crippen LogP) is 3.99. The molecule has 0 aliphatic carbocycles. The molecule has 43 heavy (non-hydrogen) atoms. The van der Waals surface area contributed by atoms with Gasteiger partial charge in [0.2, 0.25) is 17.7 Å². The van der Waals surface area contributed by atoms with Crippen molar-refractivity contribution in [2.45, 2.75) is 124 Å². The molecular formula is C32H52N4O7. The van der Waals surface area contributed by atoms with Gasteiger partial charge < -0.3 is 30.7 Å². The maximum Gasteiger partial charge on any atom is 0.408 e. The van der Waals surface area contributed by atoms with Gasteiger partial charge in [0.05, 0.1) is 0 Å². The third-order valence-corrected chi connectivity index (χ3v) is 6.21. The van der Waals surface area contributed by atoms with Gasteiger partial charge >= 0.3 is 12.1 Å². The Balaban J connectivity index is 2.96. The van der Waals surface area contributed by atoms with E-state index in [4.69, 9.17) is 9.47 Å². The Morgan fingerprint density at radius 2 is 1.16 bits per heavy atom. The van der Waals surface area contributed by atoms with Crippen molar-refractivity contribution < 1.29 is 33.4 Å². The highest BCUT2D eigenvalue weighted by Crippen LogP contribution is 2.15. The topological polar surface area (TPSA) is 152 Å². The maximum atomic E-state index is 13.4. The largest absolute Gasteiger partial charge is 0.459 e. The molecule has 1 aromatic carbocycles. The Kier molecular flexibility index (Phi) is 13.7. The van der Waals surface area contributed by atoms with Gasteiger partial charge in [-0.05, 0) is 78.7 Å². The molecule has 0 aromatic heterocycles. The van der Waals surface area contributed by atoms with Crippen LogP contribution in [0.25, 0.3) is 0 Å². The van der Waals surface area contributed by atoms with Gasteiger partial charge in [-0.1, -0.05) is 58.0 Å².